The Kier molecular flexibility index (Phi) is 3.19. The molecule has 1 nitrogen and oxygen atoms in total. The number of benzene rings is 1. The minimum atomic E-state index is 0.830. The van der Waals surface area contributed by atoms with Gasteiger partial charge in [-0.25, -0.2) is 0 Å². The van der Waals surface area contributed by atoms with Crippen molar-refractivity contribution in [1.29, 1.82) is 0 Å². The van der Waals surface area contributed by atoms with Crippen molar-refractivity contribution in [3.05, 3.63) is 35.4 Å². The lowest BCUT2D eigenvalue weighted by Crippen LogP contribution is -2.35. The molecule has 1 aromatic carbocycles. The molecule has 1 aliphatic heterocycles. The van der Waals surface area contributed by atoms with E-state index in [-0.39, 0.29) is 0 Å². The second-order valence-electron chi connectivity index (χ2n) is 5.59. The Morgan fingerprint density at radius 2 is 2.12 bits per heavy atom. The molecular formula is C16H23N. The van der Waals surface area contributed by atoms with Gasteiger partial charge in [0.2, 0.25) is 0 Å². The molecule has 1 aliphatic carbocycles. The van der Waals surface area contributed by atoms with Gasteiger partial charge in [-0.1, -0.05) is 37.6 Å². The van der Waals surface area contributed by atoms with E-state index in [2.05, 4.69) is 36.1 Å². The third-order valence-electron chi connectivity index (χ3n) is 4.62. The largest absolute Gasteiger partial charge is 0.300 e. The van der Waals surface area contributed by atoms with Crippen LogP contribution in [0.5, 0.6) is 0 Å². The Balaban J connectivity index is 1.79. The van der Waals surface area contributed by atoms with Crippen LogP contribution < -0.4 is 0 Å². The summed E-state index contributed by atoms with van der Waals surface area (Å²) in [6, 6.07) is 9.96. The molecule has 3 rings (SSSR count). The molecular weight excluding hydrogens is 206 g/mol. The van der Waals surface area contributed by atoms with Gasteiger partial charge in [0, 0.05) is 12.0 Å². The van der Waals surface area contributed by atoms with E-state index in [0.717, 1.165) is 12.0 Å². The molecule has 0 spiro atoms. The van der Waals surface area contributed by atoms with E-state index in [1.54, 1.807) is 11.1 Å². The van der Waals surface area contributed by atoms with Crippen molar-refractivity contribution >= 4 is 0 Å². The first-order chi connectivity index (χ1) is 8.40. The first kappa shape index (κ1) is 11.3. The molecule has 2 aliphatic rings. The summed E-state index contributed by atoms with van der Waals surface area (Å²) >= 11 is 0. The molecule has 1 heteroatoms. The number of rotatable bonds is 3. The Morgan fingerprint density at radius 1 is 1.24 bits per heavy atom. The first-order valence-corrected chi connectivity index (χ1v) is 7.22. The van der Waals surface area contributed by atoms with Crippen LogP contribution in [0.3, 0.4) is 0 Å². The van der Waals surface area contributed by atoms with Gasteiger partial charge in [-0.3, -0.25) is 4.90 Å². The van der Waals surface area contributed by atoms with Crippen LogP contribution in [-0.4, -0.2) is 24.0 Å². The highest BCUT2D eigenvalue weighted by molar-refractivity contribution is 5.35. The maximum Gasteiger partial charge on any atom is 0.0168 e. The lowest BCUT2D eigenvalue weighted by Gasteiger charge is -2.33. The van der Waals surface area contributed by atoms with E-state index >= 15 is 0 Å². The Morgan fingerprint density at radius 3 is 3.00 bits per heavy atom. The van der Waals surface area contributed by atoms with Crippen molar-refractivity contribution in [1.82, 2.24) is 4.90 Å². The van der Waals surface area contributed by atoms with E-state index in [1.165, 1.54) is 45.2 Å². The molecule has 92 valence electrons. The number of hydrogen-bond acceptors (Lipinski definition) is 1. The van der Waals surface area contributed by atoms with Crippen molar-refractivity contribution in [3.63, 3.8) is 0 Å². The van der Waals surface area contributed by atoms with Gasteiger partial charge >= 0.3 is 0 Å². The molecule has 0 N–H and O–H groups in total. The molecule has 0 saturated carbocycles. The van der Waals surface area contributed by atoms with Crippen LogP contribution >= 0.6 is 0 Å². The van der Waals surface area contributed by atoms with Gasteiger partial charge in [0.1, 0.15) is 0 Å². The standard InChI is InChI=1S/C16H23N/c1-2-3-11-17-12-10-15-14-7-5-4-6-13(14)8-9-16(15)17/h4-7,15-16H,2-3,8-12H2,1H3/t15-,16+/m0/s1. The summed E-state index contributed by atoms with van der Waals surface area (Å²) in [5.74, 6) is 0.830. The van der Waals surface area contributed by atoms with E-state index in [9.17, 15) is 0 Å². The third-order valence-corrected chi connectivity index (χ3v) is 4.62. The van der Waals surface area contributed by atoms with Crippen molar-refractivity contribution in [2.45, 2.75) is 51.0 Å². The van der Waals surface area contributed by atoms with E-state index in [1.807, 2.05) is 0 Å². The van der Waals surface area contributed by atoms with Crippen molar-refractivity contribution < 1.29 is 0 Å². The maximum absolute atomic E-state index is 2.75. The van der Waals surface area contributed by atoms with Crippen LogP contribution in [0.25, 0.3) is 0 Å². The lowest BCUT2D eigenvalue weighted by molar-refractivity contribution is 0.224. The zero-order valence-corrected chi connectivity index (χ0v) is 10.9. The summed E-state index contributed by atoms with van der Waals surface area (Å²) in [5, 5.41) is 0. The molecule has 1 fully saturated rings. The molecule has 1 saturated heterocycles. The molecule has 0 amide bonds. The Bertz CT molecular complexity index is 385. The minimum absolute atomic E-state index is 0.830. The zero-order valence-electron chi connectivity index (χ0n) is 10.9. The molecule has 1 aromatic rings. The van der Waals surface area contributed by atoms with E-state index in [4.69, 9.17) is 0 Å². The maximum atomic E-state index is 2.75. The highest BCUT2D eigenvalue weighted by atomic mass is 15.2. The molecule has 0 unspecified atom stereocenters. The summed E-state index contributed by atoms with van der Waals surface area (Å²) in [5.41, 5.74) is 3.27. The van der Waals surface area contributed by atoms with Gasteiger partial charge in [-0.15, -0.1) is 0 Å². The molecule has 17 heavy (non-hydrogen) atoms. The van der Waals surface area contributed by atoms with E-state index < -0.39 is 0 Å². The smallest absolute Gasteiger partial charge is 0.0168 e. The topological polar surface area (TPSA) is 3.24 Å². The number of nitrogens with zero attached hydrogens (tertiary/aromatic N) is 1. The Hall–Kier alpha value is -0.820. The molecule has 0 radical (unpaired) electrons. The predicted octanol–water partition coefficient (Wildman–Crippen LogP) is 3.59. The van der Waals surface area contributed by atoms with Crippen LogP contribution in [0.2, 0.25) is 0 Å². The van der Waals surface area contributed by atoms with Crippen LogP contribution in [-0.2, 0) is 6.42 Å². The lowest BCUT2D eigenvalue weighted by atomic mass is 9.79. The minimum Gasteiger partial charge on any atom is -0.300 e. The fraction of sp³-hybridized carbons (Fsp3) is 0.625. The number of aryl methyl sites for hydroxylation is 1. The van der Waals surface area contributed by atoms with Gasteiger partial charge in [0.25, 0.3) is 0 Å². The number of unbranched alkanes of at least 4 members (excludes halogenated alkanes) is 1. The van der Waals surface area contributed by atoms with Gasteiger partial charge in [-0.2, -0.15) is 0 Å². The number of hydrogen-bond donors (Lipinski definition) is 0. The summed E-state index contributed by atoms with van der Waals surface area (Å²) in [6.07, 6.45) is 6.74. The molecule has 0 bridgehead atoms. The Labute approximate surface area is 105 Å². The van der Waals surface area contributed by atoms with Crippen LogP contribution in [0.1, 0.15) is 49.7 Å². The average Bonchev–Trinajstić information content (AvgIpc) is 2.80. The summed E-state index contributed by atoms with van der Waals surface area (Å²) < 4.78 is 0. The second-order valence-corrected chi connectivity index (χ2v) is 5.59. The first-order valence-electron chi connectivity index (χ1n) is 7.22. The van der Waals surface area contributed by atoms with Crippen molar-refractivity contribution in [2.24, 2.45) is 0 Å². The van der Waals surface area contributed by atoms with Gasteiger partial charge in [0.15, 0.2) is 0 Å². The van der Waals surface area contributed by atoms with Gasteiger partial charge < -0.3 is 0 Å². The predicted molar refractivity (Wildman–Crippen MR) is 72.4 cm³/mol. The molecule has 0 aromatic heterocycles. The van der Waals surface area contributed by atoms with Gasteiger partial charge in [0.05, 0.1) is 0 Å². The summed E-state index contributed by atoms with van der Waals surface area (Å²) in [6.45, 7) is 4.94. The van der Waals surface area contributed by atoms with E-state index in [0.29, 0.717) is 0 Å². The SMILES string of the molecule is CCCCN1CC[C@H]2c3ccccc3CC[C@H]21. The molecule has 1 heterocycles. The van der Waals surface area contributed by atoms with Crippen LogP contribution in [0.15, 0.2) is 24.3 Å². The highest BCUT2D eigenvalue weighted by Gasteiger charge is 2.37. The van der Waals surface area contributed by atoms with Crippen molar-refractivity contribution in [3.8, 4) is 0 Å². The van der Waals surface area contributed by atoms with Crippen LogP contribution in [0, 0.1) is 0 Å². The third kappa shape index (κ3) is 2.01. The summed E-state index contributed by atoms with van der Waals surface area (Å²) in [7, 11) is 0. The fourth-order valence-electron chi connectivity index (χ4n) is 3.73. The molecule has 2 atom stereocenters. The quantitative estimate of drug-likeness (QED) is 0.765. The fourth-order valence-corrected chi connectivity index (χ4v) is 3.73. The number of fused-ring (bicyclic) bond motifs is 3. The summed E-state index contributed by atoms with van der Waals surface area (Å²) in [4.78, 5) is 2.75. The van der Waals surface area contributed by atoms with Crippen molar-refractivity contribution in [2.75, 3.05) is 13.1 Å². The second kappa shape index (κ2) is 4.81. The monoisotopic (exact) mass is 229 g/mol. The number of likely N-dealkylation sites (tertiary alicyclic amines) is 1. The zero-order chi connectivity index (χ0) is 11.7. The van der Waals surface area contributed by atoms with Gasteiger partial charge in [-0.05, 0) is 49.9 Å². The highest BCUT2D eigenvalue weighted by Crippen LogP contribution is 2.41. The normalized spacial score (nSPS) is 27.8. The van der Waals surface area contributed by atoms with Crippen LogP contribution in [0.4, 0.5) is 0 Å². The average molecular weight is 229 g/mol.